The first-order chi connectivity index (χ1) is 9.16. The zero-order valence-electron chi connectivity index (χ0n) is 10.6. The lowest BCUT2D eigenvalue weighted by molar-refractivity contribution is -0.384. The first-order valence-corrected chi connectivity index (χ1v) is 6.96. The van der Waals surface area contributed by atoms with Gasteiger partial charge in [0.25, 0.3) is 5.69 Å². The number of nitrogens with one attached hydrogen (secondary N) is 1. The number of nitrogens with zero attached hydrogens (tertiary/aromatic N) is 2. The molecule has 0 amide bonds. The van der Waals surface area contributed by atoms with Crippen molar-refractivity contribution in [2.75, 3.05) is 6.54 Å². The van der Waals surface area contributed by atoms with E-state index in [4.69, 9.17) is 0 Å². The van der Waals surface area contributed by atoms with E-state index in [0.717, 1.165) is 24.2 Å². The van der Waals surface area contributed by atoms with Gasteiger partial charge in [-0.25, -0.2) is 4.98 Å². The van der Waals surface area contributed by atoms with Gasteiger partial charge in [0.05, 0.1) is 16.1 Å². The Kier molecular flexibility index (Phi) is 4.59. The highest BCUT2D eigenvalue weighted by molar-refractivity contribution is 7.07. The Morgan fingerprint density at radius 2 is 2.37 bits per heavy atom. The van der Waals surface area contributed by atoms with Crippen molar-refractivity contribution in [2.24, 2.45) is 0 Å². The number of non-ortho nitro benzene ring substituents is 1. The molecule has 0 fully saturated rings. The highest BCUT2D eigenvalue weighted by atomic mass is 32.1. The topological polar surface area (TPSA) is 68.1 Å². The highest BCUT2D eigenvalue weighted by Crippen LogP contribution is 2.18. The Hall–Kier alpha value is -1.79. The average molecular weight is 277 g/mol. The average Bonchev–Trinajstić information content (AvgIpc) is 2.92. The summed E-state index contributed by atoms with van der Waals surface area (Å²) in [5.41, 5.74) is 3.95. The first-order valence-electron chi connectivity index (χ1n) is 6.01. The van der Waals surface area contributed by atoms with Crippen molar-refractivity contribution in [3.63, 3.8) is 0 Å². The van der Waals surface area contributed by atoms with Crippen LogP contribution in [0.3, 0.4) is 0 Å². The van der Waals surface area contributed by atoms with Gasteiger partial charge in [-0.05, 0) is 12.5 Å². The number of thiazole rings is 1. The minimum atomic E-state index is -0.370. The van der Waals surface area contributed by atoms with E-state index in [1.54, 1.807) is 23.5 Å². The Morgan fingerprint density at radius 3 is 3.05 bits per heavy atom. The van der Waals surface area contributed by atoms with Crippen LogP contribution in [0.5, 0.6) is 0 Å². The maximum Gasteiger partial charge on any atom is 0.269 e. The third kappa shape index (κ3) is 3.84. The summed E-state index contributed by atoms with van der Waals surface area (Å²) in [7, 11) is 0. The second-order valence-electron chi connectivity index (χ2n) is 4.26. The molecule has 0 saturated heterocycles. The van der Waals surface area contributed by atoms with Crippen LogP contribution in [0.1, 0.15) is 24.2 Å². The molecule has 0 aliphatic carbocycles. The molecule has 1 aromatic heterocycles. The van der Waals surface area contributed by atoms with E-state index in [2.05, 4.69) is 10.3 Å². The van der Waals surface area contributed by atoms with Crippen molar-refractivity contribution in [1.82, 2.24) is 10.3 Å². The van der Waals surface area contributed by atoms with Gasteiger partial charge in [-0.3, -0.25) is 10.1 Å². The van der Waals surface area contributed by atoms with Crippen molar-refractivity contribution in [3.05, 3.63) is 56.5 Å². The Bertz CT molecular complexity index is 543. The summed E-state index contributed by atoms with van der Waals surface area (Å²) in [6.07, 6.45) is 0.864. The van der Waals surface area contributed by atoms with Crippen LogP contribution in [0.25, 0.3) is 0 Å². The summed E-state index contributed by atoms with van der Waals surface area (Å²) in [6.45, 7) is 2.80. The van der Waals surface area contributed by atoms with E-state index in [-0.39, 0.29) is 16.7 Å². The smallest absolute Gasteiger partial charge is 0.269 e. The zero-order chi connectivity index (χ0) is 13.7. The van der Waals surface area contributed by atoms with Gasteiger partial charge in [-0.1, -0.05) is 12.1 Å². The molecule has 1 N–H and O–H groups in total. The van der Waals surface area contributed by atoms with Gasteiger partial charge in [0.15, 0.2) is 0 Å². The summed E-state index contributed by atoms with van der Waals surface area (Å²) in [6, 6.07) is 6.81. The molecule has 2 rings (SSSR count). The molecule has 0 saturated carbocycles. The molecule has 1 aromatic carbocycles. The largest absolute Gasteiger partial charge is 0.310 e. The number of aromatic nitrogens is 1. The molecule has 2 aromatic rings. The number of nitro groups is 1. The molecule has 0 aliphatic rings. The van der Waals surface area contributed by atoms with Gasteiger partial charge in [-0.15, -0.1) is 11.3 Å². The zero-order valence-corrected chi connectivity index (χ0v) is 11.4. The van der Waals surface area contributed by atoms with E-state index in [1.807, 2.05) is 23.9 Å². The summed E-state index contributed by atoms with van der Waals surface area (Å²) in [5.74, 6) is 0. The highest BCUT2D eigenvalue weighted by Gasteiger charge is 2.10. The van der Waals surface area contributed by atoms with Crippen LogP contribution in [0, 0.1) is 10.1 Å². The van der Waals surface area contributed by atoms with Gasteiger partial charge >= 0.3 is 0 Å². The predicted octanol–water partition coefficient (Wildman–Crippen LogP) is 2.94. The summed E-state index contributed by atoms with van der Waals surface area (Å²) >= 11 is 1.59. The fourth-order valence-electron chi connectivity index (χ4n) is 1.80. The summed E-state index contributed by atoms with van der Waals surface area (Å²) < 4.78 is 0. The van der Waals surface area contributed by atoms with Gasteiger partial charge in [0.1, 0.15) is 0 Å². The molecule has 100 valence electrons. The fraction of sp³-hybridized carbons (Fsp3) is 0.308. The Balaban J connectivity index is 1.90. The van der Waals surface area contributed by atoms with E-state index in [0.29, 0.717) is 0 Å². The number of benzene rings is 1. The number of hydrogen-bond acceptors (Lipinski definition) is 5. The lowest BCUT2D eigenvalue weighted by atomic mass is 10.1. The number of hydrogen-bond donors (Lipinski definition) is 1. The molecule has 0 bridgehead atoms. The third-order valence-corrected chi connectivity index (χ3v) is 3.53. The lowest BCUT2D eigenvalue weighted by Crippen LogP contribution is -2.21. The van der Waals surface area contributed by atoms with Crippen LogP contribution in [-0.2, 0) is 6.42 Å². The van der Waals surface area contributed by atoms with Crippen molar-refractivity contribution < 1.29 is 4.92 Å². The normalized spacial score (nSPS) is 12.3. The third-order valence-electron chi connectivity index (χ3n) is 2.90. The molecular weight excluding hydrogens is 262 g/mol. The van der Waals surface area contributed by atoms with Crippen molar-refractivity contribution in [2.45, 2.75) is 19.4 Å². The van der Waals surface area contributed by atoms with Gasteiger partial charge in [0.2, 0.25) is 0 Å². The summed E-state index contributed by atoms with van der Waals surface area (Å²) in [5, 5.41) is 16.1. The summed E-state index contributed by atoms with van der Waals surface area (Å²) in [4.78, 5) is 14.6. The van der Waals surface area contributed by atoms with E-state index >= 15 is 0 Å². The van der Waals surface area contributed by atoms with Crippen LogP contribution in [-0.4, -0.2) is 16.5 Å². The standard InChI is InChI=1S/C13H15N3O2S/c1-10(14-6-5-12-8-19-9-15-12)11-3-2-4-13(7-11)16(17)18/h2-4,7-10,14H,5-6H2,1H3. The van der Waals surface area contributed by atoms with Gasteiger partial charge < -0.3 is 5.32 Å². The SMILES string of the molecule is CC(NCCc1cscn1)c1cccc([N+](=O)[O-])c1. The molecule has 1 unspecified atom stereocenters. The van der Waals surface area contributed by atoms with Crippen molar-refractivity contribution in [3.8, 4) is 0 Å². The molecule has 1 atom stereocenters. The van der Waals surface area contributed by atoms with Gasteiger partial charge in [-0.2, -0.15) is 0 Å². The monoisotopic (exact) mass is 277 g/mol. The lowest BCUT2D eigenvalue weighted by Gasteiger charge is -2.13. The van der Waals surface area contributed by atoms with E-state index < -0.39 is 0 Å². The van der Waals surface area contributed by atoms with E-state index in [9.17, 15) is 10.1 Å². The van der Waals surface area contributed by atoms with Crippen molar-refractivity contribution in [1.29, 1.82) is 0 Å². The maximum atomic E-state index is 10.7. The van der Waals surface area contributed by atoms with E-state index in [1.165, 1.54) is 6.07 Å². The van der Waals surface area contributed by atoms with Crippen LogP contribution in [0.4, 0.5) is 5.69 Å². The molecule has 19 heavy (non-hydrogen) atoms. The van der Waals surface area contributed by atoms with Crippen LogP contribution in [0.2, 0.25) is 0 Å². The minimum absolute atomic E-state index is 0.0820. The predicted molar refractivity (Wildman–Crippen MR) is 75.3 cm³/mol. The van der Waals surface area contributed by atoms with Crippen LogP contribution < -0.4 is 5.32 Å². The Morgan fingerprint density at radius 1 is 1.53 bits per heavy atom. The second kappa shape index (κ2) is 6.40. The molecule has 6 heteroatoms. The number of nitro benzene ring substituents is 1. The molecule has 5 nitrogen and oxygen atoms in total. The fourth-order valence-corrected chi connectivity index (χ4v) is 2.40. The minimum Gasteiger partial charge on any atom is -0.310 e. The van der Waals surface area contributed by atoms with Gasteiger partial charge in [0, 0.05) is 36.5 Å². The number of rotatable bonds is 6. The molecule has 1 heterocycles. The molecule has 0 radical (unpaired) electrons. The van der Waals surface area contributed by atoms with Crippen molar-refractivity contribution >= 4 is 17.0 Å². The second-order valence-corrected chi connectivity index (χ2v) is 4.98. The van der Waals surface area contributed by atoms with Crippen LogP contribution >= 0.6 is 11.3 Å². The quantitative estimate of drug-likeness (QED) is 0.651. The first kappa shape index (κ1) is 13.6. The molecule has 0 aliphatic heterocycles. The molecular formula is C13H15N3O2S. The van der Waals surface area contributed by atoms with Crippen LogP contribution in [0.15, 0.2) is 35.2 Å². The molecule has 0 spiro atoms. The Labute approximate surface area is 115 Å². The maximum absolute atomic E-state index is 10.7.